The fourth-order valence-electron chi connectivity index (χ4n) is 2.09. The number of rotatable bonds is 4. The molecule has 0 bridgehead atoms. The number of carbonyl (C=O) groups is 1. The third kappa shape index (κ3) is 2.51. The molecular weight excluding hydrogens is 202 g/mol. The highest BCUT2D eigenvalue weighted by atomic mass is 16.1. The van der Waals surface area contributed by atoms with E-state index in [1.54, 1.807) is 0 Å². The Kier molecular flexibility index (Phi) is 3.39. The zero-order valence-corrected chi connectivity index (χ0v) is 9.35. The predicted molar refractivity (Wildman–Crippen MR) is 61.8 cm³/mol. The first kappa shape index (κ1) is 10.9. The Morgan fingerprint density at radius 2 is 2.38 bits per heavy atom. The van der Waals surface area contributed by atoms with Gasteiger partial charge in [-0.3, -0.25) is 9.48 Å². The quantitative estimate of drug-likeness (QED) is 0.785. The summed E-state index contributed by atoms with van der Waals surface area (Å²) in [5.41, 5.74) is 0.905. The highest BCUT2D eigenvalue weighted by Crippen LogP contribution is 2.28. The zero-order valence-electron chi connectivity index (χ0n) is 9.35. The van der Waals surface area contributed by atoms with Gasteiger partial charge < -0.3 is 5.32 Å². The SMILES string of the molecule is C=CC(=O)NCc1ccn(C2CCCC2)n1. The van der Waals surface area contributed by atoms with Crippen molar-refractivity contribution in [2.75, 3.05) is 0 Å². The smallest absolute Gasteiger partial charge is 0.243 e. The van der Waals surface area contributed by atoms with Crippen LogP contribution in [0.5, 0.6) is 0 Å². The van der Waals surface area contributed by atoms with Crippen LogP contribution in [0.3, 0.4) is 0 Å². The fraction of sp³-hybridized carbons (Fsp3) is 0.500. The maximum absolute atomic E-state index is 11.0. The van der Waals surface area contributed by atoms with Gasteiger partial charge in [0.05, 0.1) is 18.3 Å². The lowest BCUT2D eigenvalue weighted by Gasteiger charge is -2.08. The first-order valence-corrected chi connectivity index (χ1v) is 5.74. The van der Waals surface area contributed by atoms with Gasteiger partial charge in [0, 0.05) is 6.20 Å². The van der Waals surface area contributed by atoms with Gasteiger partial charge in [-0.25, -0.2) is 0 Å². The van der Waals surface area contributed by atoms with Crippen molar-refractivity contribution in [3.63, 3.8) is 0 Å². The summed E-state index contributed by atoms with van der Waals surface area (Å²) in [5.74, 6) is -0.157. The first-order valence-electron chi connectivity index (χ1n) is 5.74. The van der Waals surface area contributed by atoms with Gasteiger partial charge in [0.2, 0.25) is 5.91 Å². The Morgan fingerprint density at radius 1 is 1.62 bits per heavy atom. The van der Waals surface area contributed by atoms with Crippen LogP contribution in [0.25, 0.3) is 0 Å². The number of carbonyl (C=O) groups excluding carboxylic acids is 1. The third-order valence-electron chi connectivity index (χ3n) is 2.99. The number of aromatic nitrogens is 2. The Labute approximate surface area is 95.3 Å². The van der Waals surface area contributed by atoms with Gasteiger partial charge in [0.1, 0.15) is 0 Å². The summed E-state index contributed by atoms with van der Waals surface area (Å²) in [6, 6.07) is 2.52. The Balaban J connectivity index is 1.91. The number of nitrogens with one attached hydrogen (secondary N) is 1. The van der Waals surface area contributed by atoms with Gasteiger partial charge in [0.25, 0.3) is 0 Å². The van der Waals surface area contributed by atoms with Crippen LogP contribution in [0, 0.1) is 0 Å². The lowest BCUT2D eigenvalue weighted by atomic mass is 10.3. The molecule has 2 rings (SSSR count). The molecule has 86 valence electrons. The second-order valence-electron chi connectivity index (χ2n) is 4.15. The summed E-state index contributed by atoms with van der Waals surface area (Å²) in [4.78, 5) is 11.0. The van der Waals surface area contributed by atoms with Gasteiger partial charge in [0.15, 0.2) is 0 Å². The van der Waals surface area contributed by atoms with Crippen LogP contribution in [0.15, 0.2) is 24.9 Å². The third-order valence-corrected chi connectivity index (χ3v) is 2.99. The molecule has 0 unspecified atom stereocenters. The standard InChI is InChI=1S/C12H17N3O/c1-2-12(16)13-9-10-7-8-15(14-10)11-5-3-4-6-11/h2,7-8,11H,1,3-6,9H2,(H,13,16). The molecule has 0 spiro atoms. The summed E-state index contributed by atoms with van der Waals surface area (Å²) in [7, 11) is 0. The Hall–Kier alpha value is -1.58. The molecule has 1 aromatic rings. The molecule has 1 saturated carbocycles. The molecule has 0 saturated heterocycles. The summed E-state index contributed by atoms with van der Waals surface area (Å²) < 4.78 is 2.03. The van der Waals surface area contributed by atoms with E-state index in [1.165, 1.54) is 31.8 Å². The van der Waals surface area contributed by atoms with Crippen LogP contribution in [-0.4, -0.2) is 15.7 Å². The van der Waals surface area contributed by atoms with Gasteiger partial charge in [-0.1, -0.05) is 19.4 Å². The molecule has 4 nitrogen and oxygen atoms in total. The van der Waals surface area contributed by atoms with Crippen molar-refractivity contribution >= 4 is 5.91 Å². The second kappa shape index (κ2) is 4.96. The summed E-state index contributed by atoms with van der Waals surface area (Å²) >= 11 is 0. The van der Waals surface area contributed by atoms with Crippen molar-refractivity contribution in [3.8, 4) is 0 Å². The minimum atomic E-state index is -0.157. The van der Waals surface area contributed by atoms with Crippen LogP contribution in [0.4, 0.5) is 0 Å². The Bertz CT molecular complexity index is 377. The molecule has 0 aliphatic heterocycles. The van der Waals surface area contributed by atoms with E-state index >= 15 is 0 Å². The molecule has 1 aromatic heterocycles. The van der Waals surface area contributed by atoms with E-state index in [0.717, 1.165) is 5.69 Å². The van der Waals surface area contributed by atoms with E-state index in [2.05, 4.69) is 17.0 Å². The van der Waals surface area contributed by atoms with Crippen LogP contribution < -0.4 is 5.32 Å². The average molecular weight is 219 g/mol. The molecule has 1 fully saturated rings. The van der Waals surface area contributed by atoms with E-state index in [1.807, 2.05) is 16.9 Å². The molecule has 1 amide bonds. The van der Waals surface area contributed by atoms with Crippen LogP contribution in [-0.2, 0) is 11.3 Å². The van der Waals surface area contributed by atoms with Crippen molar-refractivity contribution in [1.29, 1.82) is 0 Å². The van der Waals surface area contributed by atoms with E-state index in [0.29, 0.717) is 12.6 Å². The fourth-order valence-corrected chi connectivity index (χ4v) is 2.09. The van der Waals surface area contributed by atoms with Crippen LogP contribution in [0.2, 0.25) is 0 Å². The van der Waals surface area contributed by atoms with E-state index < -0.39 is 0 Å². The summed E-state index contributed by atoms with van der Waals surface area (Å²) in [6.45, 7) is 3.88. The van der Waals surface area contributed by atoms with Crippen molar-refractivity contribution < 1.29 is 4.79 Å². The van der Waals surface area contributed by atoms with Crippen molar-refractivity contribution in [2.45, 2.75) is 38.3 Å². The summed E-state index contributed by atoms with van der Waals surface area (Å²) in [5, 5.41) is 7.19. The van der Waals surface area contributed by atoms with Crippen LogP contribution in [0.1, 0.15) is 37.4 Å². The molecule has 1 aliphatic rings. The number of amides is 1. The van der Waals surface area contributed by atoms with E-state index in [9.17, 15) is 4.79 Å². The molecule has 1 aliphatic carbocycles. The Morgan fingerprint density at radius 3 is 3.06 bits per heavy atom. The van der Waals surface area contributed by atoms with Gasteiger partial charge in [-0.2, -0.15) is 5.10 Å². The molecule has 1 N–H and O–H groups in total. The van der Waals surface area contributed by atoms with Crippen molar-refractivity contribution in [1.82, 2.24) is 15.1 Å². The molecule has 1 heterocycles. The molecule has 0 atom stereocenters. The van der Waals surface area contributed by atoms with E-state index in [4.69, 9.17) is 0 Å². The molecular formula is C12H17N3O. The minimum absolute atomic E-state index is 0.157. The predicted octanol–water partition coefficient (Wildman–Crippen LogP) is 1.80. The maximum Gasteiger partial charge on any atom is 0.243 e. The monoisotopic (exact) mass is 219 g/mol. The van der Waals surface area contributed by atoms with Gasteiger partial charge in [-0.15, -0.1) is 0 Å². The number of hydrogen-bond donors (Lipinski definition) is 1. The molecule has 4 heteroatoms. The zero-order chi connectivity index (χ0) is 11.4. The first-order chi connectivity index (χ1) is 7.79. The highest BCUT2D eigenvalue weighted by molar-refractivity contribution is 5.86. The largest absolute Gasteiger partial charge is 0.347 e. The second-order valence-corrected chi connectivity index (χ2v) is 4.15. The minimum Gasteiger partial charge on any atom is -0.347 e. The topological polar surface area (TPSA) is 46.9 Å². The summed E-state index contributed by atoms with van der Waals surface area (Å²) in [6.07, 6.45) is 8.32. The molecule has 16 heavy (non-hydrogen) atoms. The molecule has 0 radical (unpaired) electrons. The lowest BCUT2D eigenvalue weighted by Crippen LogP contribution is -2.20. The van der Waals surface area contributed by atoms with Gasteiger partial charge >= 0.3 is 0 Å². The number of nitrogens with zero attached hydrogens (tertiary/aromatic N) is 2. The maximum atomic E-state index is 11.0. The lowest BCUT2D eigenvalue weighted by molar-refractivity contribution is -0.116. The molecule has 0 aromatic carbocycles. The van der Waals surface area contributed by atoms with Crippen molar-refractivity contribution in [3.05, 3.63) is 30.6 Å². The normalized spacial score (nSPS) is 16.2. The highest BCUT2D eigenvalue weighted by Gasteiger charge is 2.17. The van der Waals surface area contributed by atoms with Crippen LogP contribution >= 0.6 is 0 Å². The van der Waals surface area contributed by atoms with E-state index in [-0.39, 0.29) is 5.91 Å². The average Bonchev–Trinajstić information content (AvgIpc) is 2.95. The van der Waals surface area contributed by atoms with Crippen molar-refractivity contribution in [2.24, 2.45) is 0 Å². The van der Waals surface area contributed by atoms with Gasteiger partial charge in [-0.05, 0) is 25.0 Å². The number of hydrogen-bond acceptors (Lipinski definition) is 2.